The summed E-state index contributed by atoms with van der Waals surface area (Å²) in [6, 6.07) is 2.80. The van der Waals surface area contributed by atoms with Gasteiger partial charge in [-0.3, -0.25) is 0 Å². The van der Waals surface area contributed by atoms with E-state index in [2.05, 4.69) is 19.2 Å². The van der Waals surface area contributed by atoms with Crippen LogP contribution in [-0.2, 0) is 4.74 Å². The van der Waals surface area contributed by atoms with Crippen LogP contribution >= 0.6 is 23.2 Å². The largest absolute Gasteiger partial charge is 0.368 e. The summed E-state index contributed by atoms with van der Waals surface area (Å²) < 4.78 is 19.6. The molecule has 1 aromatic rings. The highest BCUT2D eigenvalue weighted by Gasteiger charge is 2.26. The van der Waals surface area contributed by atoms with Crippen LogP contribution in [0.4, 0.5) is 4.39 Å². The second-order valence-electron chi connectivity index (χ2n) is 5.32. The summed E-state index contributed by atoms with van der Waals surface area (Å²) in [7, 11) is 0. The van der Waals surface area contributed by atoms with Crippen LogP contribution in [0, 0.1) is 11.7 Å². The molecular formula is C14H18Cl2FNO. The Morgan fingerprint density at radius 1 is 1.32 bits per heavy atom. The topological polar surface area (TPSA) is 21.3 Å². The molecule has 1 N–H and O–H groups in total. The minimum Gasteiger partial charge on any atom is -0.368 e. The van der Waals surface area contributed by atoms with E-state index in [0.29, 0.717) is 23.0 Å². The van der Waals surface area contributed by atoms with Crippen molar-refractivity contribution in [2.75, 3.05) is 13.1 Å². The van der Waals surface area contributed by atoms with Crippen molar-refractivity contribution in [1.82, 2.24) is 5.32 Å². The molecule has 1 heterocycles. The van der Waals surface area contributed by atoms with Gasteiger partial charge in [0.15, 0.2) is 0 Å². The zero-order valence-electron chi connectivity index (χ0n) is 11.1. The molecule has 0 bridgehead atoms. The molecule has 1 saturated heterocycles. The monoisotopic (exact) mass is 305 g/mol. The van der Waals surface area contributed by atoms with Gasteiger partial charge in [0.05, 0.1) is 17.2 Å². The van der Waals surface area contributed by atoms with Gasteiger partial charge in [0.25, 0.3) is 0 Å². The predicted octanol–water partition coefficient (Wildman–Crippen LogP) is 4.21. The first-order valence-corrected chi connectivity index (χ1v) is 7.23. The fourth-order valence-electron chi connectivity index (χ4n) is 2.34. The fourth-order valence-corrected chi connectivity index (χ4v) is 2.84. The van der Waals surface area contributed by atoms with Crippen LogP contribution in [0.25, 0.3) is 0 Å². The van der Waals surface area contributed by atoms with E-state index in [1.165, 1.54) is 12.1 Å². The molecule has 2 unspecified atom stereocenters. The summed E-state index contributed by atoms with van der Waals surface area (Å²) in [5.41, 5.74) is 0.657. The van der Waals surface area contributed by atoms with Crippen molar-refractivity contribution < 1.29 is 9.13 Å². The van der Waals surface area contributed by atoms with Gasteiger partial charge >= 0.3 is 0 Å². The first-order valence-electron chi connectivity index (χ1n) is 6.48. The molecule has 0 aromatic heterocycles. The molecular weight excluding hydrogens is 288 g/mol. The lowest BCUT2D eigenvalue weighted by Gasteiger charge is -2.32. The summed E-state index contributed by atoms with van der Waals surface area (Å²) in [5, 5.41) is 3.80. The Morgan fingerprint density at radius 3 is 2.74 bits per heavy atom. The highest BCUT2D eigenvalue weighted by atomic mass is 35.5. The number of morpholine rings is 1. The maximum absolute atomic E-state index is 13.6. The maximum atomic E-state index is 13.6. The van der Waals surface area contributed by atoms with Gasteiger partial charge in [-0.25, -0.2) is 4.39 Å². The number of hydrogen-bond acceptors (Lipinski definition) is 2. The lowest BCUT2D eigenvalue weighted by atomic mass is 10.0. The van der Waals surface area contributed by atoms with Crippen molar-refractivity contribution in [3.8, 4) is 0 Å². The first kappa shape index (κ1) is 15.0. The Balaban J connectivity index is 2.15. The molecule has 106 valence electrons. The zero-order chi connectivity index (χ0) is 14.0. The molecule has 2 nitrogen and oxygen atoms in total. The predicted molar refractivity (Wildman–Crippen MR) is 76.4 cm³/mol. The van der Waals surface area contributed by atoms with E-state index in [4.69, 9.17) is 27.9 Å². The molecule has 1 aliphatic rings. The minimum atomic E-state index is -0.462. The van der Waals surface area contributed by atoms with Gasteiger partial charge in [-0.15, -0.1) is 0 Å². The van der Waals surface area contributed by atoms with Gasteiger partial charge in [0.2, 0.25) is 0 Å². The third kappa shape index (κ3) is 3.82. The Labute approximate surface area is 123 Å². The van der Waals surface area contributed by atoms with Crippen LogP contribution in [0.1, 0.15) is 31.9 Å². The van der Waals surface area contributed by atoms with Crippen LogP contribution < -0.4 is 5.32 Å². The van der Waals surface area contributed by atoms with E-state index >= 15 is 0 Å². The molecule has 19 heavy (non-hydrogen) atoms. The van der Waals surface area contributed by atoms with Crippen molar-refractivity contribution in [3.05, 3.63) is 33.6 Å². The van der Waals surface area contributed by atoms with E-state index < -0.39 is 5.82 Å². The van der Waals surface area contributed by atoms with E-state index in [-0.39, 0.29) is 17.2 Å². The van der Waals surface area contributed by atoms with Crippen molar-refractivity contribution in [3.63, 3.8) is 0 Å². The summed E-state index contributed by atoms with van der Waals surface area (Å²) in [4.78, 5) is 0. The summed E-state index contributed by atoms with van der Waals surface area (Å²) in [5.74, 6) is 0.0959. The standard InChI is InChI=1S/C14H18Cl2FNO/c1-8(2)3-9-6-18-7-14(19-9)10-4-13(17)12(16)5-11(10)15/h4-5,8-9,14,18H,3,6-7H2,1-2H3. The second kappa shape index (κ2) is 6.40. The highest BCUT2D eigenvalue weighted by Crippen LogP contribution is 2.32. The van der Waals surface area contributed by atoms with Gasteiger partial charge in [-0.2, -0.15) is 0 Å². The summed E-state index contributed by atoms with van der Waals surface area (Å²) in [6.45, 7) is 5.77. The third-order valence-electron chi connectivity index (χ3n) is 3.18. The molecule has 0 amide bonds. The molecule has 1 aromatic carbocycles. The second-order valence-corrected chi connectivity index (χ2v) is 6.14. The molecule has 0 radical (unpaired) electrons. The normalized spacial score (nSPS) is 23.9. The molecule has 0 spiro atoms. The Morgan fingerprint density at radius 2 is 2.05 bits per heavy atom. The Kier molecular flexibility index (Phi) is 5.07. The first-order chi connectivity index (χ1) is 8.97. The van der Waals surface area contributed by atoms with Crippen LogP contribution in [0.3, 0.4) is 0 Å². The number of ether oxygens (including phenoxy) is 1. The fraction of sp³-hybridized carbons (Fsp3) is 0.571. The van der Waals surface area contributed by atoms with Crippen molar-refractivity contribution in [2.45, 2.75) is 32.5 Å². The lowest BCUT2D eigenvalue weighted by Crippen LogP contribution is -2.41. The van der Waals surface area contributed by atoms with Crippen molar-refractivity contribution in [1.29, 1.82) is 0 Å². The van der Waals surface area contributed by atoms with Crippen LogP contribution in [0.2, 0.25) is 10.0 Å². The number of benzene rings is 1. The molecule has 2 atom stereocenters. The third-order valence-corrected chi connectivity index (χ3v) is 3.80. The summed E-state index contributed by atoms with van der Waals surface area (Å²) >= 11 is 11.8. The Bertz CT molecular complexity index is 453. The molecule has 1 aliphatic heterocycles. The number of halogens is 3. The molecule has 5 heteroatoms. The average Bonchev–Trinajstić information content (AvgIpc) is 2.33. The van der Waals surface area contributed by atoms with Gasteiger partial charge in [-0.1, -0.05) is 37.0 Å². The number of rotatable bonds is 3. The lowest BCUT2D eigenvalue weighted by molar-refractivity contribution is -0.0474. The highest BCUT2D eigenvalue weighted by molar-refractivity contribution is 6.35. The molecule has 1 fully saturated rings. The maximum Gasteiger partial charge on any atom is 0.142 e. The zero-order valence-corrected chi connectivity index (χ0v) is 12.6. The minimum absolute atomic E-state index is 0.0382. The molecule has 0 saturated carbocycles. The smallest absolute Gasteiger partial charge is 0.142 e. The van der Waals surface area contributed by atoms with E-state index in [1.807, 2.05) is 0 Å². The van der Waals surface area contributed by atoms with Crippen molar-refractivity contribution >= 4 is 23.2 Å². The van der Waals surface area contributed by atoms with E-state index in [1.54, 1.807) is 0 Å². The Hall–Kier alpha value is -0.350. The van der Waals surface area contributed by atoms with Gasteiger partial charge < -0.3 is 10.1 Å². The quantitative estimate of drug-likeness (QED) is 0.845. The van der Waals surface area contributed by atoms with Crippen LogP contribution in [0.15, 0.2) is 12.1 Å². The van der Waals surface area contributed by atoms with Crippen LogP contribution in [-0.4, -0.2) is 19.2 Å². The SMILES string of the molecule is CC(C)CC1CNCC(c2cc(F)c(Cl)cc2Cl)O1. The van der Waals surface area contributed by atoms with Gasteiger partial charge in [0.1, 0.15) is 5.82 Å². The van der Waals surface area contributed by atoms with Crippen molar-refractivity contribution in [2.24, 2.45) is 5.92 Å². The summed E-state index contributed by atoms with van der Waals surface area (Å²) in [6.07, 6.45) is 0.877. The van der Waals surface area contributed by atoms with E-state index in [9.17, 15) is 4.39 Å². The van der Waals surface area contributed by atoms with Crippen LogP contribution in [0.5, 0.6) is 0 Å². The molecule has 0 aliphatic carbocycles. The van der Waals surface area contributed by atoms with Gasteiger partial charge in [-0.05, 0) is 24.5 Å². The van der Waals surface area contributed by atoms with Gasteiger partial charge in [0, 0.05) is 23.7 Å². The number of nitrogens with one attached hydrogen (secondary N) is 1. The molecule has 2 rings (SSSR count). The average molecular weight is 306 g/mol. The number of hydrogen-bond donors (Lipinski definition) is 1. The van der Waals surface area contributed by atoms with E-state index in [0.717, 1.165) is 13.0 Å².